The second kappa shape index (κ2) is 17.1. The first-order valence-corrected chi connectivity index (χ1v) is 25.1. The van der Waals surface area contributed by atoms with Gasteiger partial charge in [-0.15, -0.1) is 0 Å². The number of fused-ring (bicyclic) bond motifs is 10. The van der Waals surface area contributed by atoms with Crippen LogP contribution in [0.5, 0.6) is 0 Å². The number of aliphatic hydroxyl groups excluding tert-OH is 2. The minimum Gasteiger partial charge on any atom is -0.393 e. The molecular formula is C54H88O4. The van der Waals surface area contributed by atoms with Gasteiger partial charge in [0, 0.05) is 24.7 Å². The standard InChI is InChI=1S/2C27H44O2/c2*1-17(2)25(29)11-6-18(3)22-9-10-23-21-8-7-19-16-20(28)12-14-26(19,4)24(21)13-15-27(22,23)5/h2*7,17-18,20-24,28H,6,8-16H2,1-5H3/t2*18-,20+,21+,22-,23+,24+,26+,27-/m11/s1. The van der Waals surface area contributed by atoms with E-state index in [0.717, 1.165) is 98.7 Å². The van der Waals surface area contributed by atoms with E-state index in [1.165, 1.54) is 77.0 Å². The minimum atomic E-state index is -0.106. The molecule has 8 aliphatic carbocycles. The summed E-state index contributed by atoms with van der Waals surface area (Å²) in [6, 6.07) is 0. The number of carbonyl (C=O) groups excluding carboxylic acids is 2. The van der Waals surface area contributed by atoms with Crippen molar-refractivity contribution < 1.29 is 19.8 Å². The molecule has 6 saturated carbocycles. The summed E-state index contributed by atoms with van der Waals surface area (Å²) in [6.45, 7) is 23.3. The maximum atomic E-state index is 12.2. The molecule has 0 bridgehead atoms. The van der Waals surface area contributed by atoms with Crippen molar-refractivity contribution in [2.24, 2.45) is 92.7 Å². The van der Waals surface area contributed by atoms with Gasteiger partial charge in [0.05, 0.1) is 12.2 Å². The van der Waals surface area contributed by atoms with Crippen LogP contribution >= 0.6 is 0 Å². The van der Waals surface area contributed by atoms with Crippen molar-refractivity contribution in [1.29, 1.82) is 0 Å². The predicted molar refractivity (Wildman–Crippen MR) is 239 cm³/mol. The average Bonchev–Trinajstić information content (AvgIpc) is 3.73. The SMILES string of the molecule is CC(C)C(=O)CC[C@@H](C)[C@H]1CC[C@H]2[C@@H]3CC=C4C[C@@H](O)CC[C@]4(C)[C@H]3CC[C@]12C.CC(C)C(=O)CC[C@@H](C)[C@H]1CC[C@H]2[C@@H]3CC=C4C[C@@H](O)CC[C@]4(C)[C@H]3CC[C@]12C. The quantitative estimate of drug-likeness (QED) is 0.216. The molecule has 4 nitrogen and oxygen atoms in total. The summed E-state index contributed by atoms with van der Waals surface area (Å²) in [5.41, 5.74) is 4.79. The second-order valence-electron chi connectivity index (χ2n) is 24.0. The summed E-state index contributed by atoms with van der Waals surface area (Å²) < 4.78 is 0. The highest BCUT2D eigenvalue weighted by atomic mass is 16.3. The normalized spacial score (nSPS) is 45.2. The lowest BCUT2D eigenvalue weighted by Crippen LogP contribution is -2.50. The Morgan fingerprint density at radius 3 is 1.29 bits per heavy atom. The number of rotatable bonds is 10. The van der Waals surface area contributed by atoms with E-state index in [1.807, 2.05) is 27.7 Å². The van der Waals surface area contributed by atoms with Crippen molar-refractivity contribution in [2.75, 3.05) is 0 Å². The number of hydrogen-bond donors (Lipinski definition) is 2. The Hall–Kier alpha value is -1.26. The maximum Gasteiger partial charge on any atom is 0.135 e. The first-order valence-electron chi connectivity index (χ1n) is 25.1. The molecular weight excluding hydrogens is 713 g/mol. The third-order valence-corrected chi connectivity index (χ3v) is 20.7. The van der Waals surface area contributed by atoms with Gasteiger partial charge in [0.2, 0.25) is 0 Å². The molecule has 0 aromatic carbocycles. The van der Waals surface area contributed by atoms with Crippen LogP contribution in [0, 0.1) is 92.7 Å². The molecule has 16 atom stereocenters. The second-order valence-corrected chi connectivity index (χ2v) is 24.0. The molecule has 8 aliphatic rings. The molecule has 0 saturated heterocycles. The lowest BCUT2D eigenvalue weighted by Gasteiger charge is -2.58. The smallest absolute Gasteiger partial charge is 0.135 e. The van der Waals surface area contributed by atoms with Gasteiger partial charge in [0.25, 0.3) is 0 Å². The minimum absolute atomic E-state index is 0.106. The van der Waals surface area contributed by atoms with Gasteiger partial charge >= 0.3 is 0 Å². The lowest BCUT2D eigenvalue weighted by molar-refractivity contribution is -0.123. The maximum absolute atomic E-state index is 12.2. The molecule has 8 rings (SSSR count). The molecule has 6 fully saturated rings. The largest absolute Gasteiger partial charge is 0.393 e. The molecule has 0 aliphatic heterocycles. The highest BCUT2D eigenvalue weighted by molar-refractivity contribution is 5.80. The molecule has 328 valence electrons. The Balaban J connectivity index is 0.000000177. The van der Waals surface area contributed by atoms with Crippen LogP contribution < -0.4 is 0 Å². The third-order valence-electron chi connectivity index (χ3n) is 20.7. The van der Waals surface area contributed by atoms with Crippen molar-refractivity contribution in [1.82, 2.24) is 0 Å². The van der Waals surface area contributed by atoms with Crippen LogP contribution in [0.25, 0.3) is 0 Å². The Morgan fingerprint density at radius 1 is 0.552 bits per heavy atom. The van der Waals surface area contributed by atoms with Crippen molar-refractivity contribution in [3.8, 4) is 0 Å². The molecule has 0 aromatic heterocycles. The monoisotopic (exact) mass is 801 g/mol. The van der Waals surface area contributed by atoms with Gasteiger partial charge < -0.3 is 10.2 Å². The number of carbonyl (C=O) groups is 2. The van der Waals surface area contributed by atoms with E-state index in [1.54, 1.807) is 11.1 Å². The molecule has 0 unspecified atom stereocenters. The Morgan fingerprint density at radius 2 is 0.931 bits per heavy atom. The molecule has 0 amide bonds. The van der Waals surface area contributed by atoms with Gasteiger partial charge in [-0.3, -0.25) is 9.59 Å². The van der Waals surface area contributed by atoms with Crippen LogP contribution in [-0.2, 0) is 9.59 Å². The van der Waals surface area contributed by atoms with E-state index in [4.69, 9.17) is 0 Å². The molecule has 58 heavy (non-hydrogen) atoms. The lowest BCUT2D eigenvalue weighted by atomic mass is 9.47. The van der Waals surface area contributed by atoms with E-state index in [-0.39, 0.29) is 24.0 Å². The van der Waals surface area contributed by atoms with Crippen molar-refractivity contribution in [3.63, 3.8) is 0 Å². The van der Waals surface area contributed by atoms with Gasteiger partial charge in [0.15, 0.2) is 0 Å². The van der Waals surface area contributed by atoms with Crippen molar-refractivity contribution in [3.05, 3.63) is 23.3 Å². The average molecular weight is 801 g/mol. The summed E-state index contributed by atoms with van der Waals surface area (Å²) in [5, 5.41) is 20.4. The first-order chi connectivity index (χ1) is 27.3. The zero-order chi connectivity index (χ0) is 41.9. The van der Waals surface area contributed by atoms with Crippen LogP contribution in [0.4, 0.5) is 0 Å². The number of ketones is 2. The highest BCUT2D eigenvalue weighted by Gasteiger charge is 2.61. The van der Waals surface area contributed by atoms with Crippen molar-refractivity contribution >= 4 is 11.6 Å². The summed E-state index contributed by atoms with van der Waals surface area (Å²) in [7, 11) is 0. The Kier molecular flexibility index (Phi) is 13.2. The number of aliphatic hydroxyl groups is 2. The summed E-state index contributed by atoms with van der Waals surface area (Å²) in [4.78, 5) is 24.4. The summed E-state index contributed by atoms with van der Waals surface area (Å²) in [6.07, 6.45) is 28.3. The zero-order valence-corrected chi connectivity index (χ0v) is 39.1. The number of Topliss-reactive ketones (excluding diaryl/α,β-unsaturated/α-hetero) is 2. The zero-order valence-electron chi connectivity index (χ0n) is 39.1. The van der Waals surface area contributed by atoms with E-state index in [0.29, 0.717) is 45.1 Å². The van der Waals surface area contributed by atoms with Gasteiger partial charge in [0.1, 0.15) is 11.6 Å². The van der Waals surface area contributed by atoms with Crippen LogP contribution in [0.2, 0.25) is 0 Å². The molecule has 0 radical (unpaired) electrons. The molecule has 0 heterocycles. The first kappa shape index (κ1) is 44.8. The van der Waals surface area contributed by atoms with E-state index in [2.05, 4.69) is 53.7 Å². The molecule has 0 aromatic rings. The van der Waals surface area contributed by atoms with Gasteiger partial charge in [-0.25, -0.2) is 0 Å². The van der Waals surface area contributed by atoms with E-state index in [9.17, 15) is 19.8 Å². The third kappa shape index (κ3) is 7.98. The van der Waals surface area contributed by atoms with E-state index >= 15 is 0 Å². The van der Waals surface area contributed by atoms with Crippen molar-refractivity contribution in [2.45, 2.75) is 210 Å². The van der Waals surface area contributed by atoms with Crippen LogP contribution in [0.1, 0.15) is 198 Å². The molecule has 0 spiro atoms. The fourth-order valence-corrected chi connectivity index (χ4v) is 17.0. The van der Waals surface area contributed by atoms with Gasteiger partial charge in [-0.2, -0.15) is 0 Å². The van der Waals surface area contributed by atoms with Crippen LogP contribution in [-0.4, -0.2) is 34.0 Å². The van der Waals surface area contributed by atoms with Gasteiger partial charge in [-0.05, 0) is 196 Å². The summed E-state index contributed by atoms with van der Waals surface area (Å²) >= 11 is 0. The molecule has 4 heteroatoms. The number of hydrogen-bond acceptors (Lipinski definition) is 4. The van der Waals surface area contributed by atoms with Gasteiger partial charge in [-0.1, -0.05) is 92.5 Å². The topological polar surface area (TPSA) is 74.6 Å². The summed E-state index contributed by atoms with van der Waals surface area (Å²) in [5.74, 6) is 9.21. The highest BCUT2D eigenvalue weighted by Crippen LogP contribution is 2.69. The Labute approximate surface area is 356 Å². The Bertz CT molecular complexity index is 1440. The van der Waals surface area contributed by atoms with Crippen LogP contribution in [0.15, 0.2) is 23.3 Å². The van der Waals surface area contributed by atoms with E-state index < -0.39 is 0 Å². The predicted octanol–water partition coefficient (Wildman–Crippen LogP) is 13.1. The molecule has 2 N–H and O–H groups in total. The fourth-order valence-electron chi connectivity index (χ4n) is 17.0. The number of allylic oxidation sites excluding steroid dienone is 2. The fraction of sp³-hybridized carbons (Fsp3) is 0.889. The van der Waals surface area contributed by atoms with Crippen LogP contribution in [0.3, 0.4) is 0 Å².